The van der Waals surface area contributed by atoms with Gasteiger partial charge in [0.05, 0.1) is 65.1 Å². The van der Waals surface area contributed by atoms with Crippen LogP contribution in [0, 0.1) is 47.2 Å². The van der Waals surface area contributed by atoms with Gasteiger partial charge in [0.25, 0.3) is 0 Å². The summed E-state index contributed by atoms with van der Waals surface area (Å²) in [6, 6.07) is 45.7. The molecule has 0 saturated carbocycles. The number of allylic oxidation sites excluding steroid dienone is 1. The molecule has 5 aromatic carbocycles. The third kappa shape index (κ3) is 17.4. The Hall–Kier alpha value is -7.52. The zero-order valence-electron chi connectivity index (χ0n) is 66.2. The molecule has 107 heavy (non-hydrogen) atoms. The monoisotopic (exact) mass is 1460 g/mol. The van der Waals surface area contributed by atoms with Crippen molar-refractivity contribution in [1.82, 2.24) is 24.5 Å². The molecule has 20 atom stereocenters. The summed E-state index contributed by atoms with van der Waals surface area (Å²) in [5.74, 6) is 6.35. The first kappa shape index (κ1) is 80.5. The molecule has 10 bridgehead atoms. The van der Waals surface area contributed by atoms with Gasteiger partial charge in [-0.3, -0.25) is 48.5 Å². The minimum Gasteiger partial charge on any atom is -0.469 e. The summed E-state index contributed by atoms with van der Waals surface area (Å²) in [6.07, 6.45) is 19.9. The number of aryl methyl sites for hydroxylation is 2. The Bertz CT molecular complexity index is 3900. The van der Waals surface area contributed by atoms with E-state index in [0.29, 0.717) is 66.2 Å². The van der Waals surface area contributed by atoms with E-state index in [9.17, 15) is 28.4 Å². The first-order valence-electron chi connectivity index (χ1n) is 39.8. The summed E-state index contributed by atoms with van der Waals surface area (Å²) < 4.78 is 38.6. The number of methoxy groups -OCH3 is 5. The molecule has 10 saturated heterocycles. The highest BCUT2D eigenvalue weighted by atomic mass is 19.1. The molecule has 15 nitrogen and oxygen atoms in total. The molecule has 16 heteroatoms. The van der Waals surface area contributed by atoms with Gasteiger partial charge in [-0.1, -0.05) is 135 Å². The summed E-state index contributed by atoms with van der Waals surface area (Å²) in [6.45, 7) is 12.2. The van der Waals surface area contributed by atoms with Gasteiger partial charge in [0.2, 0.25) is 0 Å². The number of piperidine rings is 5. The average molecular weight is 1460 g/mol. The van der Waals surface area contributed by atoms with Gasteiger partial charge in [0.1, 0.15) is 5.82 Å². The number of hydrogen-bond acceptors (Lipinski definition) is 15. The quantitative estimate of drug-likeness (QED) is 0.0589. The molecule has 10 aliphatic rings. The van der Waals surface area contributed by atoms with Crippen LogP contribution in [-0.2, 0) is 60.5 Å². The normalized spacial score (nSPS) is 31.6. The van der Waals surface area contributed by atoms with Crippen LogP contribution < -0.4 is 0 Å². The van der Waals surface area contributed by atoms with E-state index in [1.807, 2.05) is 13.8 Å². The third-order valence-electron chi connectivity index (χ3n) is 27.2. The highest BCUT2D eigenvalue weighted by molar-refractivity contribution is 5.78. The minimum absolute atomic E-state index is 0.0220. The van der Waals surface area contributed by atoms with Crippen LogP contribution in [0.15, 0.2) is 128 Å². The molecule has 15 rings (SSSR count). The van der Waals surface area contributed by atoms with E-state index in [-0.39, 0.29) is 89.0 Å². The second kappa shape index (κ2) is 36.3. The van der Waals surface area contributed by atoms with E-state index in [1.54, 1.807) is 12.1 Å². The predicted molar refractivity (Wildman–Crippen MR) is 420 cm³/mol. The molecule has 0 radical (unpaired) electrons. The number of halogens is 1. The fraction of sp³-hybridized carbons (Fsp3) is 0.571. The van der Waals surface area contributed by atoms with Crippen molar-refractivity contribution in [3.63, 3.8) is 0 Å². The van der Waals surface area contributed by atoms with Gasteiger partial charge in [-0.05, 0) is 227 Å². The van der Waals surface area contributed by atoms with Crippen LogP contribution in [0.1, 0.15) is 210 Å². The van der Waals surface area contributed by atoms with Crippen LogP contribution in [0.5, 0.6) is 0 Å². The van der Waals surface area contributed by atoms with Crippen molar-refractivity contribution in [2.45, 2.75) is 233 Å². The maximum Gasteiger partial charge on any atom is 0.310 e. The Morgan fingerprint density at radius 1 is 0.393 bits per heavy atom. The molecule has 0 amide bonds. The number of carbonyl (C=O) groups excluding carboxylic acids is 5. The lowest BCUT2D eigenvalue weighted by Crippen LogP contribution is -2.49. The first-order chi connectivity index (χ1) is 51.6. The second-order valence-electron chi connectivity index (χ2n) is 32.3. The molecule has 10 heterocycles. The molecule has 10 aliphatic heterocycles. The molecular weight excluding hydrogens is 1340 g/mol. The summed E-state index contributed by atoms with van der Waals surface area (Å²) in [5.41, 5.74) is 12.1. The Balaban J connectivity index is 0.000000133. The lowest BCUT2D eigenvalue weighted by Gasteiger charge is -2.41. The number of carbonyl (C=O) groups is 5. The summed E-state index contributed by atoms with van der Waals surface area (Å²) in [5, 5.41) is 0. The molecule has 0 spiro atoms. The van der Waals surface area contributed by atoms with E-state index in [2.05, 4.69) is 189 Å². The minimum atomic E-state index is -0.237. The maximum absolute atomic E-state index is 13.1. The SMILES string of the molecule is C=C(C)c1ccc(C2CC3CCC(C2C(=O)OC)N3C)cc1.CC#Cc1ccc(C2CC3CCC(C2C(=O)OC)N3C)cc1.CCCc1ccc(C2CC3CCC(C2C(=O)OC)N3C)cc1.CCc1ccc(C2CC3CCC(C2C(=O)OC)N3C)cc1.COC(=O)C1C(c2ccc(F)cc2)CC2CCC1N2C. The second-order valence-corrected chi connectivity index (χ2v) is 32.3. The predicted octanol–water partition coefficient (Wildman–Crippen LogP) is 15.2. The van der Waals surface area contributed by atoms with Crippen molar-refractivity contribution in [3.8, 4) is 11.8 Å². The molecule has 20 unspecified atom stereocenters. The number of fused-ring (bicyclic) bond motifs is 10. The first-order valence-corrected chi connectivity index (χ1v) is 39.8. The van der Waals surface area contributed by atoms with Gasteiger partial charge in [0.15, 0.2) is 0 Å². The number of rotatable bonds is 14. The third-order valence-corrected chi connectivity index (χ3v) is 27.2. The Morgan fingerprint density at radius 2 is 0.645 bits per heavy atom. The zero-order chi connectivity index (χ0) is 76.5. The fourth-order valence-corrected chi connectivity index (χ4v) is 21.2. The lowest BCUT2D eigenvalue weighted by molar-refractivity contribution is -0.151. The van der Waals surface area contributed by atoms with E-state index in [1.165, 1.54) is 113 Å². The van der Waals surface area contributed by atoms with Crippen molar-refractivity contribution in [2.24, 2.45) is 29.6 Å². The van der Waals surface area contributed by atoms with Crippen molar-refractivity contribution in [2.75, 3.05) is 70.8 Å². The number of hydrogen-bond donors (Lipinski definition) is 0. The Morgan fingerprint density at radius 3 is 0.888 bits per heavy atom. The number of benzene rings is 5. The van der Waals surface area contributed by atoms with E-state index < -0.39 is 0 Å². The van der Waals surface area contributed by atoms with Crippen molar-refractivity contribution in [1.29, 1.82) is 0 Å². The maximum atomic E-state index is 13.1. The van der Waals surface area contributed by atoms with Crippen molar-refractivity contribution < 1.29 is 52.0 Å². The topological polar surface area (TPSA) is 148 Å². The van der Waals surface area contributed by atoms with E-state index >= 15 is 0 Å². The average Bonchev–Trinajstić information content (AvgIpc) is 1.69. The van der Waals surface area contributed by atoms with E-state index in [0.717, 1.165) is 106 Å². The highest BCUT2D eigenvalue weighted by Crippen LogP contribution is 2.52. The highest BCUT2D eigenvalue weighted by Gasteiger charge is 2.54. The van der Waals surface area contributed by atoms with E-state index in [4.69, 9.17) is 23.7 Å². The fourth-order valence-electron chi connectivity index (χ4n) is 21.2. The van der Waals surface area contributed by atoms with Crippen LogP contribution in [0.25, 0.3) is 5.57 Å². The van der Waals surface area contributed by atoms with Crippen molar-refractivity contribution >= 4 is 35.4 Å². The number of esters is 5. The van der Waals surface area contributed by atoms with Crippen LogP contribution in [-0.4, -0.2) is 186 Å². The number of ether oxygens (including phenoxy) is 5. The van der Waals surface area contributed by atoms with Gasteiger partial charge in [-0.25, -0.2) is 4.39 Å². The van der Waals surface area contributed by atoms with Crippen LogP contribution in [0.4, 0.5) is 4.39 Å². The largest absolute Gasteiger partial charge is 0.469 e. The van der Waals surface area contributed by atoms with Gasteiger partial charge < -0.3 is 23.7 Å². The Labute approximate surface area is 638 Å². The molecule has 576 valence electrons. The lowest BCUT2D eigenvalue weighted by atomic mass is 9.76. The standard InChI is InChI=1S/C19H25NO2.C19H27NO2.C19H23NO2.C18H25NO2.C16H20FNO2/c1-12(2)13-5-7-14(8-6-13)16-11-15-9-10-17(20(15)3)18(16)19(21)22-4;2*1-4-5-13-6-8-14(9-7-13)16-12-15-10-11-17(20(15)2)18(16)19(21)22-3;1-4-12-5-7-13(8-6-12)15-11-14-9-10-16(19(14)2)17(15)18(20)21-3;1-18-12-7-8-14(18)15(16(19)20-2)13(9-12)10-3-5-11(17)6-4-10/h5-8,15-18H,1,9-11H2,2-4H3;6-9,15-18H,4-5,10-12H2,1-3H3;6-9,15-18H,10-12H2,1-3H3;5-8,14-17H,4,9-11H2,1-3H3;3-6,12-15H,7-9H2,1-2H3. The molecule has 0 aliphatic carbocycles. The summed E-state index contributed by atoms with van der Waals surface area (Å²) >= 11 is 0. The smallest absolute Gasteiger partial charge is 0.310 e. The van der Waals surface area contributed by atoms with Gasteiger partial charge in [-0.2, -0.15) is 0 Å². The van der Waals surface area contributed by atoms with Crippen LogP contribution in [0.2, 0.25) is 0 Å². The molecular formula is C91H120FN5O10. The van der Waals surface area contributed by atoms with Gasteiger partial charge >= 0.3 is 29.8 Å². The summed E-state index contributed by atoms with van der Waals surface area (Å²) in [4.78, 5) is 73.7. The Kier molecular flexibility index (Phi) is 27.3. The van der Waals surface area contributed by atoms with Gasteiger partial charge in [-0.15, -0.1) is 5.92 Å². The zero-order valence-corrected chi connectivity index (χ0v) is 66.2. The molecule has 0 N–H and O–H groups in total. The van der Waals surface area contributed by atoms with Gasteiger partial charge in [0, 0.05) is 95.6 Å². The molecule has 5 aromatic rings. The molecule has 10 fully saturated rings. The van der Waals surface area contributed by atoms with Crippen LogP contribution in [0.3, 0.4) is 0 Å². The van der Waals surface area contributed by atoms with Crippen LogP contribution >= 0.6 is 0 Å². The van der Waals surface area contributed by atoms with Crippen molar-refractivity contribution in [3.05, 3.63) is 184 Å². The summed E-state index contributed by atoms with van der Waals surface area (Å²) in [7, 11) is 18.2. The molecule has 0 aromatic heterocycles. The number of nitrogens with zero attached hydrogens (tertiary/aromatic N) is 5.